The Balaban J connectivity index is 2.34. The third-order valence-electron chi connectivity index (χ3n) is 3.18. The van der Waals surface area contributed by atoms with Crippen LogP contribution in [0.3, 0.4) is 0 Å². The van der Waals surface area contributed by atoms with Gasteiger partial charge in [-0.3, -0.25) is 0 Å². The van der Waals surface area contributed by atoms with E-state index >= 15 is 0 Å². The number of halogens is 1. The van der Waals surface area contributed by atoms with E-state index in [9.17, 15) is 4.39 Å². The smallest absolute Gasteiger partial charge is 0.123 e. The molecule has 1 N–H and O–H groups in total. The third kappa shape index (κ3) is 3.34. The van der Waals surface area contributed by atoms with Gasteiger partial charge in [0.25, 0.3) is 0 Å². The van der Waals surface area contributed by atoms with Crippen molar-refractivity contribution in [3.63, 3.8) is 0 Å². The number of hydrogen-bond acceptors (Lipinski definition) is 2. The van der Waals surface area contributed by atoms with Crippen LogP contribution in [0.5, 0.6) is 0 Å². The van der Waals surface area contributed by atoms with Crippen LogP contribution in [0, 0.1) is 11.7 Å². The lowest BCUT2D eigenvalue weighted by molar-refractivity contribution is 0.553. The average molecular weight is 279 g/mol. The van der Waals surface area contributed by atoms with Gasteiger partial charge in [-0.2, -0.15) is 0 Å². The second-order valence-electron chi connectivity index (χ2n) is 5.76. The zero-order valence-electron chi connectivity index (χ0n) is 12.1. The first-order chi connectivity index (χ1) is 8.99. The van der Waals surface area contributed by atoms with E-state index in [4.69, 9.17) is 0 Å². The molecule has 0 amide bonds. The molecule has 0 spiro atoms. The number of fused-ring (bicyclic) bond motifs is 1. The average Bonchev–Trinajstić information content (AvgIpc) is 2.65. The quantitative estimate of drug-likeness (QED) is 0.820. The van der Waals surface area contributed by atoms with Crippen LogP contribution in [-0.4, -0.2) is 6.54 Å². The van der Waals surface area contributed by atoms with Crippen molar-refractivity contribution in [1.82, 2.24) is 5.32 Å². The maximum atomic E-state index is 13.4. The molecule has 1 aromatic heterocycles. The van der Waals surface area contributed by atoms with Gasteiger partial charge >= 0.3 is 0 Å². The lowest BCUT2D eigenvalue weighted by atomic mass is 9.99. The highest BCUT2D eigenvalue weighted by Gasteiger charge is 2.15. The minimum Gasteiger partial charge on any atom is -0.312 e. The van der Waals surface area contributed by atoms with Gasteiger partial charge in [-0.15, -0.1) is 11.3 Å². The van der Waals surface area contributed by atoms with Crippen molar-refractivity contribution < 1.29 is 4.39 Å². The largest absolute Gasteiger partial charge is 0.312 e. The van der Waals surface area contributed by atoms with Crippen molar-refractivity contribution in [2.45, 2.75) is 40.2 Å². The summed E-state index contributed by atoms with van der Waals surface area (Å²) in [5, 5.41) is 4.57. The van der Waals surface area contributed by atoms with E-state index in [2.05, 4.69) is 33.0 Å². The predicted molar refractivity (Wildman–Crippen MR) is 82.4 cm³/mol. The molecule has 3 heteroatoms. The van der Waals surface area contributed by atoms with Gasteiger partial charge in [0.1, 0.15) is 5.82 Å². The molecule has 0 aliphatic heterocycles. The standard InChI is InChI=1S/C16H22FNS/c1-10(2)8-18-9-15-16(11(3)4)13-7-12(17)5-6-14(13)19-15/h5-7,10-11,18H,8-9H2,1-4H3. The fraction of sp³-hybridized carbons (Fsp3) is 0.500. The van der Waals surface area contributed by atoms with E-state index in [1.807, 2.05) is 6.07 Å². The molecule has 1 nitrogen and oxygen atoms in total. The summed E-state index contributed by atoms with van der Waals surface area (Å²) in [5.41, 5.74) is 1.30. The highest BCUT2D eigenvalue weighted by atomic mass is 32.1. The normalized spacial score (nSPS) is 11.9. The van der Waals surface area contributed by atoms with Crippen LogP contribution in [0.4, 0.5) is 4.39 Å². The summed E-state index contributed by atoms with van der Waals surface area (Å²) in [4.78, 5) is 1.34. The van der Waals surface area contributed by atoms with Gasteiger partial charge in [0.15, 0.2) is 0 Å². The van der Waals surface area contributed by atoms with Gasteiger partial charge in [0, 0.05) is 16.1 Å². The number of hydrogen-bond donors (Lipinski definition) is 1. The highest BCUT2D eigenvalue weighted by molar-refractivity contribution is 7.19. The molecule has 0 fully saturated rings. The van der Waals surface area contributed by atoms with Crippen molar-refractivity contribution in [2.75, 3.05) is 6.54 Å². The van der Waals surface area contributed by atoms with E-state index in [-0.39, 0.29) is 5.82 Å². The van der Waals surface area contributed by atoms with Crippen molar-refractivity contribution in [2.24, 2.45) is 5.92 Å². The molecular weight excluding hydrogens is 257 g/mol. The zero-order chi connectivity index (χ0) is 14.0. The summed E-state index contributed by atoms with van der Waals surface area (Å²) in [5.74, 6) is 0.926. The van der Waals surface area contributed by atoms with Crippen LogP contribution in [0.2, 0.25) is 0 Å². The Bertz CT molecular complexity index is 557. The number of benzene rings is 1. The molecule has 0 bridgehead atoms. The van der Waals surface area contributed by atoms with E-state index in [0.29, 0.717) is 11.8 Å². The summed E-state index contributed by atoms with van der Waals surface area (Å²) in [6, 6.07) is 5.12. The lowest BCUT2D eigenvalue weighted by Gasteiger charge is -2.10. The molecule has 0 aliphatic carbocycles. The van der Waals surface area contributed by atoms with Gasteiger partial charge in [-0.05, 0) is 47.5 Å². The van der Waals surface area contributed by atoms with Gasteiger partial charge in [0.05, 0.1) is 0 Å². The predicted octanol–water partition coefficient (Wildman–Crippen LogP) is 4.91. The SMILES string of the molecule is CC(C)CNCc1sc2ccc(F)cc2c1C(C)C. The molecule has 2 aromatic rings. The molecule has 0 unspecified atom stereocenters. The van der Waals surface area contributed by atoms with Gasteiger partial charge < -0.3 is 5.32 Å². The first kappa shape index (κ1) is 14.5. The molecule has 2 rings (SSSR count). The maximum Gasteiger partial charge on any atom is 0.123 e. The molecule has 19 heavy (non-hydrogen) atoms. The Labute approximate surface area is 118 Å². The summed E-state index contributed by atoms with van der Waals surface area (Å²) in [7, 11) is 0. The van der Waals surface area contributed by atoms with E-state index in [0.717, 1.165) is 18.5 Å². The fourth-order valence-electron chi connectivity index (χ4n) is 2.38. The minimum atomic E-state index is -0.145. The first-order valence-corrected chi connectivity index (χ1v) is 7.72. The fourth-order valence-corrected chi connectivity index (χ4v) is 3.69. The third-order valence-corrected chi connectivity index (χ3v) is 4.37. The maximum absolute atomic E-state index is 13.4. The number of rotatable bonds is 5. The Morgan fingerprint density at radius 2 is 1.95 bits per heavy atom. The molecule has 0 radical (unpaired) electrons. The summed E-state index contributed by atoms with van der Waals surface area (Å²) < 4.78 is 14.6. The van der Waals surface area contributed by atoms with Crippen LogP contribution in [0.25, 0.3) is 10.1 Å². The molecule has 0 atom stereocenters. The molecule has 1 aromatic carbocycles. The number of thiophene rings is 1. The minimum absolute atomic E-state index is 0.145. The van der Waals surface area contributed by atoms with Crippen LogP contribution < -0.4 is 5.32 Å². The lowest BCUT2D eigenvalue weighted by Crippen LogP contribution is -2.19. The van der Waals surface area contributed by atoms with Crippen molar-refractivity contribution in [3.05, 3.63) is 34.5 Å². The number of nitrogens with one attached hydrogen (secondary N) is 1. The monoisotopic (exact) mass is 279 g/mol. The zero-order valence-corrected chi connectivity index (χ0v) is 12.9. The van der Waals surface area contributed by atoms with E-state index < -0.39 is 0 Å². The topological polar surface area (TPSA) is 12.0 Å². The Morgan fingerprint density at radius 3 is 2.58 bits per heavy atom. The Morgan fingerprint density at radius 1 is 1.21 bits per heavy atom. The van der Waals surface area contributed by atoms with E-state index in [1.54, 1.807) is 23.5 Å². The van der Waals surface area contributed by atoms with Crippen molar-refractivity contribution in [1.29, 1.82) is 0 Å². The Kier molecular flexibility index (Phi) is 4.58. The second kappa shape index (κ2) is 6.02. The second-order valence-corrected chi connectivity index (χ2v) is 6.90. The molecule has 1 heterocycles. The molecule has 0 saturated carbocycles. The molecule has 104 valence electrons. The summed E-state index contributed by atoms with van der Waals surface area (Å²) in [6.07, 6.45) is 0. The van der Waals surface area contributed by atoms with Crippen molar-refractivity contribution in [3.8, 4) is 0 Å². The van der Waals surface area contributed by atoms with Crippen molar-refractivity contribution >= 4 is 21.4 Å². The highest BCUT2D eigenvalue weighted by Crippen LogP contribution is 2.36. The van der Waals surface area contributed by atoms with Crippen LogP contribution in [-0.2, 0) is 6.54 Å². The Hall–Kier alpha value is -0.930. The molecule has 0 saturated heterocycles. The molecular formula is C16H22FNS. The van der Waals surface area contributed by atoms with Gasteiger partial charge in [-0.1, -0.05) is 27.7 Å². The summed E-state index contributed by atoms with van der Waals surface area (Å²) >= 11 is 1.78. The summed E-state index contributed by atoms with van der Waals surface area (Å²) in [6.45, 7) is 10.7. The molecule has 0 aliphatic rings. The first-order valence-electron chi connectivity index (χ1n) is 6.90. The van der Waals surface area contributed by atoms with Gasteiger partial charge in [-0.25, -0.2) is 4.39 Å². The van der Waals surface area contributed by atoms with Gasteiger partial charge in [0.2, 0.25) is 0 Å². The van der Waals surface area contributed by atoms with Crippen LogP contribution >= 0.6 is 11.3 Å². The van der Waals surface area contributed by atoms with E-state index in [1.165, 1.54) is 15.1 Å². The van der Waals surface area contributed by atoms with Crippen LogP contribution in [0.15, 0.2) is 18.2 Å². The van der Waals surface area contributed by atoms with Crippen LogP contribution in [0.1, 0.15) is 44.1 Å².